The molecule has 0 radical (unpaired) electrons. The molecule has 4 aliphatic rings. The van der Waals surface area contributed by atoms with Gasteiger partial charge in [-0.2, -0.15) is 21.6 Å². The van der Waals surface area contributed by atoms with Crippen molar-refractivity contribution in [3.8, 4) is 0 Å². The van der Waals surface area contributed by atoms with Gasteiger partial charge in [0.2, 0.25) is 0 Å². The van der Waals surface area contributed by atoms with E-state index in [4.69, 9.17) is 9.29 Å². The van der Waals surface area contributed by atoms with Crippen LogP contribution in [-0.4, -0.2) is 36.5 Å². The summed E-state index contributed by atoms with van der Waals surface area (Å²) in [6.45, 7) is 0. The fourth-order valence-corrected chi connectivity index (χ4v) is 5.69. The summed E-state index contributed by atoms with van der Waals surface area (Å²) in [5, 5.41) is 0. The van der Waals surface area contributed by atoms with Gasteiger partial charge in [-0.25, -0.2) is 0 Å². The van der Waals surface area contributed by atoms with Crippen LogP contribution in [0.4, 0.5) is 13.2 Å². The number of halogens is 3. The summed E-state index contributed by atoms with van der Waals surface area (Å²) in [5.74, 6) is -5.00. The molecule has 1 N–H and O–H groups in total. The molecule has 0 aromatic heterocycles. The van der Waals surface area contributed by atoms with Gasteiger partial charge in [-0.05, 0) is 56.3 Å². The molecule has 0 aliphatic heterocycles. The molecule has 4 aliphatic carbocycles. The Bertz CT molecular complexity index is 563. The van der Waals surface area contributed by atoms with Gasteiger partial charge in [0.1, 0.15) is 5.60 Å². The molecule has 4 saturated carbocycles. The second-order valence-corrected chi connectivity index (χ2v) is 8.86. The first kappa shape index (κ1) is 17.0. The number of rotatable bonds is 4. The zero-order valence-electron chi connectivity index (χ0n) is 12.4. The lowest BCUT2D eigenvalue weighted by atomic mass is 9.54. The summed E-state index contributed by atoms with van der Waals surface area (Å²) in [5.41, 5.74) is -0.880. The molecule has 23 heavy (non-hydrogen) atoms. The van der Waals surface area contributed by atoms with Crippen LogP contribution in [-0.2, 0) is 19.6 Å². The normalized spacial score (nSPS) is 37.7. The second kappa shape index (κ2) is 5.34. The van der Waals surface area contributed by atoms with Crippen LogP contribution in [0.3, 0.4) is 0 Å². The highest BCUT2D eigenvalue weighted by atomic mass is 32.2. The molecule has 4 rings (SSSR count). The summed E-state index contributed by atoms with van der Waals surface area (Å²) >= 11 is 0. The van der Waals surface area contributed by atoms with Crippen molar-refractivity contribution in [1.29, 1.82) is 0 Å². The highest BCUT2D eigenvalue weighted by molar-refractivity contribution is 7.85. The molecular weight excluding hydrogens is 337 g/mol. The SMILES string of the molecule is O=C(OC12CC3CC(CC(C3)C1)C2)C(CS(=O)(=O)O)C(F)(F)F. The number of alkyl halides is 3. The van der Waals surface area contributed by atoms with Gasteiger partial charge in [-0.3, -0.25) is 9.35 Å². The van der Waals surface area contributed by atoms with Crippen molar-refractivity contribution in [3.05, 3.63) is 0 Å². The fraction of sp³-hybridized carbons (Fsp3) is 0.929. The third kappa shape index (κ3) is 3.65. The Morgan fingerprint density at radius 3 is 1.91 bits per heavy atom. The largest absolute Gasteiger partial charge is 0.459 e. The summed E-state index contributed by atoms with van der Waals surface area (Å²) < 4.78 is 74.5. The molecule has 0 aromatic rings. The van der Waals surface area contributed by atoms with Crippen LogP contribution in [0.1, 0.15) is 38.5 Å². The highest BCUT2D eigenvalue weighted by Gasteiger charge is 2.56. The van der Waals surface area contributed by atoms with E-state index < -0.39 is 39.5 Å². The molecule has 0 aromatic carbocycles. The third-order valence-corrected chi connectivity index (χ3v) is 6.11. The van der Waals surface area contributed by atoms with Gasteiger partial charge >= 0.3 is 12.1 Å². The van der Waals surface area contributed by atoms with E-state index in [9.17, 15) is 26.4 Å². The van der Waals surface area contributed by atoms with Gasteiger partial charge in [0.15, 0.2) is 5.92 Å². The lowest BCUT2D eigenvalue weighted by molar-refractivity contribution is -0.217. The minimum absolute atomic E-state index is 0.375. The average Bonchev–Trinajstić information content (AvgIpc) is 2.31. The first-order chi connectivity index (χ1) is 10.5. The Hall–Kier alpha value is -0.830. The highest BCUT2D eigenvalue weighted by Crippen LogP contribution is 2.57. The first-order valence-corrected chi connectivity index (χ1v) is 9.31. The lowest BCUT2D eigenvalue weighted by Gasteiger charge is -2.55. The molecule has 1 unspecified atom stereocenters. The Morgan fingerprint density at radius 1 is 1.13 bits per heavy atom. The first-order valence-electron chi connectivity index (χ1n) is 7.70. The number of hydrogen-bond donors (Lipinski definition) is 1. The lowest BCUT2D eigenvalue weighted by Crippen LogP contribution is -2.54. The molecule has 0 amide bonds. The van der Waals surface area contributed by atoms with Crippen LogP contribution in [0, 0.1) is 23.7 Å². The van der Waals surface area contributed by atoms with Crippen LogP contribution in [0.5, 0.6) is 0 Å². The van der Waals surface area contributed by atoms with Gasteiger partial charge in [0.05, 0.1) is 5.75 Å². The van der Waals surface area contributed by atoms with E-state index in [1.165, 1.54) is 0 Å². The van der Waals surface area contributed by atoms with Gasteiger partial charge in [-0.15, -0.1) is 0 Å². The van der Waals surface area contributed by atoms with Gasteiger partial charge in [-0.1, -0.05) is 0 Å². The second-order valence-electron chi connectivity index (χ2n) is 7.36. The monoisotopic (exact) mass is 356 g/mol. The van der Waals surface area contributed by atoms with E-state index in [1.54, 1.807) is 0 Å². The van der Waals surface area contributed by atoms with Crippen molar-refractivity contribution in [2.45, 2.75) is 50.3 Å². The maximum absolute atomic E-state index is 13.0. The summed E-state index contributed by atoms with van der Waals surface area (Å²) in [6, 6.07) is 0. The number of carbonyl (C=O) groups is 1. The van der Waals surface area contributed by atoms with E-state index in [-0.39, 0.29) is 0 Å². The fourth-order valence-electron chi connectivity index (χ4n) is 4.95. The molecule has 0 saturated heterocycles. The Balaban J connectivity index is 1.76. The van der Waals surface area contributed by atoms with E-state index in [1.807, 2.05) is 0 Å². The third-order valence-electron chi connectivity index (χ3n) is 5.36. The van der Waals surface area contributed by atoms with Crippen LogP contribution in [0.2, 0.25) is 0 Å². The van der Waals surface area contributed by atoms with Crippen molar-refractivity contribution in [3.63, 3.8) is 0 Å². The zero-order chi connectivity index (χ0) is 17.0. The van der Waals surface area contributed by atoms with Gasteiger partial charge in [0, 0.05) is 0 Å². The number of hydrogen-bond acceptors (Lipinski definition) is 4. The van der Waals surface area contributed by atoms with E-state index in [0.717, 1.165) is 19.3 Å². The van der Waals surface area contributed by atoms with Crippen LogP contribution >= 0.6 is 0 Å². The smallest absolute Gasteiger partial charge is 0.403 e. The molecule has 0 spiro atoms. The summed E-state index contributed by atoms with van der Waals surface area (Å²) in [6.07, 6.45) is -0.307. The average molecular weight is 356 g/mol. The molecular formula is C14H19F3O5S. The van der Waals surface area contributed by atoms with E-state index in [0.29, 0.717) is 37.0 Å². The Labute approximate surface area is 132 Å². The van der Waals surface area contributed by atoms with Crippen LogP contribution in [0.15, 0.2) is 0 Å². The van der Waals surface area contributed by atoms with Crippen molar-refractivity contribution in [2.75, 3.05) is 5.75 Å². The number of carbonyl (C=O) groups excluding carboxylic acids is 1. The number of ether oxygens (including phenoxy) is 1. The molecule has 5 nitrogen and oxygen atoms in total. The topological polar surface area (TPSA) is 80.7 Å². The van der Waals surface area contributed by atoms with Crippen molar-refractivity contribution >= 4 is 16.1 Å². The molecule has 1 atom stereocenters. The van der Waals surface area contributed by atoms with E-state index in [2.05, 4.69) is 0 Å². The minimum Gasteiger partial charge on any atom is -0.459 e. The number of esters is 1. The zero-order valence-corrected chi connectivity index (χ0v) is 13.2. The molecule has 9 heteroatoms. The summed E-state index contributed by atoms with van der Waals surface area (Å²) in [7, 11) is -4.94. The van der Waals surface area contributed by atoms with E-state index >= 15 is 0 Å². The Morgan fingerprint density at radius 2 is 1.57 bits per heavy atom. The van der Waals surface area contributed by atoms with Crippen molar-refractivity contribution in [2.24, 2.45) is 23.7 Å². The summed E-state index contributed by atoms with van der Waals surface area (Å²) in [4.78, 5) is 12.0. The van der Waals surface area contributed by atoms with Crippen molar-refractivity contribution < 1.29 is 35.7 Å². The molecule has 132 valence electrons. The predicted molar refractivity (Wildman–Crippen MR) is 73.0 cm³/mol. The standard InChI is InChI=1S/C14H19F3O5S/c15-14(16,17)11(7-23(19,20)21)12(18)22-13-4-8-1-9(5-13)3-10(2-8)6-13/h8-11H,1-7H2,(H,19,20,21). The maximum atomic E-state index is 13.0. The molecule has 0 heterocycles. The van der Waals surface area contributed by atoms with Crippen LogP contribution < -0.4 is 0 Å². The van der Waals surface area contributed by atoms with Gasteiger partial charge < -0.3 is 4.74 Å². The van der Waals surface area contributed by atoms with Gasteiger partial charge in [0.25, 0.3) is 10.1 Å². The quantitative estimate of drug-likeness (QED) is 0.618. The molecule has 4 bridgehead atoms. The molecule has 4 fully saturated rings. The van der Waals surface area contributed by atoms with Crippen LogP contribution in [0.25, 0.3) is 0 Å². The minimum atomic E-state index is -5.07. The van der Waals surface area contributed by atoms with Crippen molar-refractivity contribution in [1.82, 2.24) is 0 Å². The Kier molecular flexibility index (Phi) is 3.95. The predicted octanol–water partition coefficient (Wildman–Crippen LogP) is 2.56. The maximum Gasteiger partial charge on any atom is 0.403 e.